The summed E-state index contributed by atoms with van der Waals surface area (Å²) >= 11 is 1.80. The Morgan fingerprint density at radius 3 is 3.00 bits per heavy atom. The molecule has 0 fully saturated rings. The van der Waals surface area contributed by atoms with Gasteiger partial charge in [0, 0.05) is 11.2 Å². The Balaban J connectivity index is 1.83. The fourth-order valence-electron chi connectivity index (χ4n) is 1.92. The molecule has 0 saturated carbocycles. The fraction of sp³-hybridized carbons (Fsp3) is 0.429. The molecular formula is C14H19NOS. The SMILES string of the molecule is CC(O)CCCNCc1csc2ccccc12. The van der Waals surface area contributed by atoms with E-state index < -0.39 is 0 Å². The molecule has 2 N–H and O–H groups in total. The Morgan fingerprint density at radius 2 is 2.18 bits per heavy atom. The minimum absolute atomic E-state index is 0.182. The predicted molar refractivity (Wildman–Crippen MR) is 74.4 cm³/mol. The van der Waals surface area contributed by atoms with Crippen LogP contribution in [0, 0.1) is 0 Å². The zero-order valence-electron chi connectivity index (χ0n) is 10.1. The highest BCUT2D eigenvalue weighted by Gasteiger charge is 2.02. The normalized spacial score (nSPS) is 13.1. The molecule has 92 valence electrons. The molecule has 1 aromatic carbocycles. The minimum Gasteiger partial charge on any atom is -0.393 e. The molecular weight excluding hydrogens is 230 g/mol. The first-order chi connectivity index (χ1) is 8.27. The molecule has 1 unspecified atom stereocenters. The molecule has 0 saturated heterocycles. The number of rotatable bonds is 6. The summed E-state index contributed by atoms with van der Waals surface area (Å²) in [6.07, 6.45) is 1.72. The van der Waals surface area contributed by atoms with E-state index in [1.165, 1.54) is 15.6 Å². The minimum atomic E-state index is -0.182. The smallest absolute Gasteiger partial charge is 0.0512 e. The number of nitrogens with one attached hydrogen (secondary N) is 1. The molecule has 2 nitrogen and oxygen atoms in total. The van der Waals surface area contributed by atoms with Gasteiger partial charge in [-0.3, -0.25) is 0 Å². The van der Waals surface area contributed by atoms with Gasteiger partial charge in [0.25, 0.3) is 0 Å². The number of aliphatic hydroxyl groups excluding tert-OH is 1. The Hall–Kier alpha value is -0.900. The summed E-state index contributed by atoms with van der Waals surface area (Å²) in [4.78, 5) is 0. The van der Waals surface area contributed by atoms with Crippen LogP contribution in [-0.2, 0) is 6.54 Å². The third kappa shape index (κ3) is 3.53. The van der Waals surface area contributed by atoms with Crippen LogP contribution < -0.4 is 5.32 Å². The molecule has 3 heteroatoms. The molecule has 1 aromatic heterocycles. The van der Waals surface area contributed by atoms with E-state index in [9.17, 15) is 0 Å². The molecule has 2 rings (SSSR count). The molecule has 2 aromatic rings. The summed E-state index contributed by atoms with van der Waals surface area (Å²) in [7, 11) is 0. The third-order valence-electron chi connectivity index (χ3n) is 2.85. The maximum Gasteiger partial charge on any atom is 0.0512 e. The van der Waals surface area contributed by atoms with Crippen molar-refractivity contribution in [3.8, 4) is 0 Å². The van der Waals surface area contributed by atoms with Gasteiger partial charge in [-0.1, -0.05) is 18.2 Å². The standard InChI is InChI=1S/C14H19NOS/c1-11(16)5-4-8-15-9-12-10-17-14-7-3-2-6-13(12)14/h2-3,6-7,10-11,15-16H,4-5,8-9H2,1H3. The number of aliphatic hydroxyl groups is 1. The van der Waals surface area contributed by atoms with E-state index in [1.807, 2.05) is 6.92 Å². The third-order valence-corrected chi connectivity index (χ3v) is 3.86. The maximum absolute atomic E-state index is 9.15. The van der Waals surface area contributed by atoms with Crippen molar-refractivity contribution in [3.63, 3.8) is 0 Å². The molecule has 0 aliphatic rings. The molecule has 0 spiro atoms. The summed E-state index contributed by atoms with van der Waals surface area (Å²) in [5.74, 6) is 0. The zero-order chi connectivity index (χ0) is 12.1. The van der Waals surface area contributed by atoms with Gasteiger partial charge in [-0.15, -0.1) is 11.3 Å². The summed E-state index contributed by atoms with van der Waals surface area (Å²) in [6.45, 7) is 3.73. The number of fused-ring (bicyclic) bond motifs is 1. The predicted octanol–water partition coefficient (Wildman–Crippen LogP) is 3.15. The first-order valence-corrected chi connectivity index (χ1v) is 6.99. The van der Waals surface area contributed by atoms with Crippen LogP contribution in [0.4, 0.5) is 0 Å². The van der Waals surface area contributed by atoms with Gasteiger partial charge in [-0.05, 0) is 48.7 Å². The highest BCUT2D eigenvalue weighted by atomic mass is 32.1. The van der Waals surface area contributed by atoms with Crippen LogP contribution >= 0.6 is 11.3 Å². The second-order valence-corrected chi connectivity index (χ2v) is 5.34. The zero-order valence-corrected chi connectivity index (χ0v) is 11.0. The van der Waals surface area contributed by atoms with Crippen LogP contribution in [0.1, 0.15) is 25.3 Å². The van der Waals surface area contributed by atoms with Gasteiger partial charge in [0.1, 0.15) is 0 Å². The number of thiophene rings is 1. The topological polar surface area (TPSA) is 32.3 Å². The average Bonchev–Trinajstić information content (AvgIpc) is 2.72. The number of hydrogen-bond donors (Lipinski definition) is 2. The molecule has 0 amide bonds. The lowest BCUT2D eigenvalue weighted by Crippen LogP contribution is -2.15. The Bertz CT molecular complexity index is 464. The van der Waals surface area contributed by atoms with Gasteiger partial charge in [0.05, 0.1) is 6.10 Å². The van der Waals surface area contributed by atoms with Crippen molar-refractivity contribution in [2.75, 3.05) is 6.54 Å². The van der Waals surface area contributed by atoms with E-state index in [1.54, 1.807) is 11.3 Å². The fourth-order valence-corrected chi connectivity index (χ4v) is 2.88. The lowest BCUT2D eigenvalue weighted by Gasteiger charge is -2.05. The summed E-state index contributed by atoms with van der Waals surface area (Å²) in [6, 6.07) is 8.51. The van der Waals surface area contributed by atoms with Crippen LogP contribution in [0.15, 0.2) is 29.6 Å². The van der Waals surface area contributed by atoms with E-state index in [0.717, 1.165) is 25.9 Å². The van der Waals surface area contributed by atoms with Crippen molar-refractivity contribution in [1.29, 1.82) is 0 Å². The second-order valence-electron chi connectivity index (χ2n) is 4.43. The monoisotopic (exact) mass is 249 g/mol. The van der Waals surface area contributed by atoms with E-state index >= 15 is 0 Å². The van der Waals surface area contributed by atoms with Crippen molar-refractivity contribution in [2.24, 2.45) is 0 Å². The van der Waals surface area contributed by atoms with Crippen LogP contribution in [0.2, 0.25) is 0 Å². The van der Waals surface area contributed by atoms with Crippen molar-refractivity contribution in [3.05, 3.63) is 35.2 Å². The summed E-state index contributed by atoms with van der Waals surface area (Å²) < 4.78 is 1.35. The molecule has 0 radical (unpaired) electrons. The summed E-state index contributed by atoms with van der Waals surface area (Å²) in [5.41, 5.74) is 1.38. The van der Waals surface area contributed by atoms with E-state index in [4.69, 9.17) is 5.11 Å². The number of benzene rings is 1. The van der Waals surface area contributed by atoms with E-state index in [0.29, 0.717) is 0 Å². The van der Waals surface area contributed by atoms with Crippen molar-refractivity contribution in [1.82, 2.24) is 5.32 Å². The van der Waals surface area contributed by atoms with Crippen LogP contribution in [-0.4, -0.2) is 17.8 Å². The first kappa shape index (κ1) is 12.6. The molecule has 0 aliphatic carbocycles. The summed E-state index contributed by atoms with van der Waals surface area (Å²) in [5, 5.41) is 16.2. The van der Waals surface area contributed by atoms with Crippen molar-refractivity contribution in [2.45, 2.75) is 32.4 Å². The Kier molecular flexibility index (Phi) is 4.54. The maximum atomic E-state index is 9.15. The van der Waals surface area contributed by atoms with E-state index in [-0.39, 0.29) is 6.10 Å². The average molecular weight is 249 g/mol. The Labute approximate surface area is 106 Å². The van der Waals surface area contributed by atoms with Gasteiger partial charge in [0.2, 0.25) is 0 Å². The molecule has 17 heavy (non-hydrogen) atoms. The highest BCUT2D eigenvalue weighted by Crippen LogP contribution is 2.25. The van der Waals surface area contributed by atoms with Crippen molar-refractivity contribution < 1.29 is 5.11 Å². The van der Waals surface area contributed by atoms with Gasteiger partial charge in [-0.25, -0.2) is 0 Å². The van der Waals surface area contributed by atoms with Crippen LogP contribution in [0.3, 0.4) is 0 Å². The highest BCUT2D eigenvalue weighted by molar-refractivity contribution is 7.17. The molecule has 1 atom stereocenters. The quantitative estimate of drug-likeness (QED) is 0.771. The first-order valence-electron chi connectivity index (χ1n) is 6.11. The molecule has 0 aliphatic heterocycles. The van der Waals surface area contributed by atoms with Gasteiger partial charge >= 0.3 is 0 Å². The molecule has 1 heterocycles. The lowest BCUT2D eigenvalue weighted by atomic mass is 10.2. The number of hydrogen-bond acceptors (Lipinski definition) is 3. The largest absolute Gasteiger partial charge is 0.393 e. The second kappa shape index (κ2) is 6.15. The molecule has 0 bridgehead atoms. The van der Waals surface area contributed by atoms with E-state index in [2.05, 4.69) is 35.0 Å². The van der Waals surface area contributed by atoms with Gasteiger partial charge < -0.3 is 10.4 Å². The van der Waals surface area contributed by atoms with Crippen molar-refractivity contribution >= 4 is 21.4 Å². The Morgan fingerprint density at radius 1 is 1.35 bits per heavy atom. The van der Waals surface area contributed by atoms with Crippen LogP contribution in [0.25, 0.3) is 10.1 Å². The lowest BCUT2D eigenvalue weighted by molar-refractivity contribution is 0.181. The van der Waals surface area contributed by atoms with Crippen LogP contribution in [0.5, 0.6) is 0 Å². The van der Waals surface area contributed by atoms with Gasteiger partial charge in [0.15, 0.2) is 0 Å². The van der Waals surface area contributed by atoms with Gasteiger partial charge in [-0.2, -0.15) is 0 Å².